The second-order valence-electron chi connectivity index (χ2n) is 5.06. The van der Waals surface area contributed by atoms with Crippen LogP contribution in [-0.4, -0.2) is 30.5 Å². The van der Waals surface area contributed by atoms with Gasteiger partial charge in [-0.05, 0) is 25.2 Å². The first-order valence-electron chi connectivity index (χ1n) is 6.52. The summed E-state index contributed by atoms with van der Waals surface area (Å²) in [5.41, 5.74) is 7.48. The molecule has 6 heteroatoms. The Morgan fingerprint density at radius 1 is 1.28 bits per heavy atom. The summed E-state index contributed by atoms with van der Waals surface area (Å²) in [4.78, 5) is 22.7. The van der Waals surface area contributed by atoms with Gasteiger partial charge in [0.2, 0.25) is 0 Å². The third kappa shape index (κ3) is 7.24. The third-order valence-corrected chi connectivity index (χ3v) is 2.73. The van der Waals surface area contributed by atoms with Crippen molar-refractivity contribution in [2.24, 2.45) is 5.92 Å². The van der Waals surface area contributed by atoms with Crippen molar-refractivity contribution in [1.82, 2.24) is 5.32 Å². The molecule has 1 amide bonds. The molecule has 7 N–H and O–H groups in total. The molecule has 2 atom stereocenters. The molecule has 106 valence electrons. The lowest BCUT2D eigenvalue weighted by molar-refractivity contribution is -0.406. The first-order chi connectivity index (χ1) is 8.38. The summed E-state index contributed by atoms with van der Waals surface area (Å²) >= 11 is 0. The van der Waals surface area contributed by atoms with Crippen LogP contribution in [0.5, 0.6) is 0 Å². The number of carbonyl (C=O) groups is 2. The van der Waals surface area contributed by atoms with Gasteiger partial charge in [-0.2, -0.15) is 0 Å². The zero-order valence-electron chi connectivity index (χ0n) is 11.4. The van der Waals surface area contributed by atoms with Crippen LogP contribution in [0.4, 0.5) is 0 Å². The van der Waals surface area contributed by atoms with Gasteiger partial charge in [0.15, 0.2) is 6.04 Å². The second kappa shape index (κ2) is 8.88. The molecular formula is C12H26N3O3+. The van der Waals surface area contributed by atoms with E-state index in [1.807, 2.05) is 13.8 Å². The van der Waals surface area contributed by atoms with E-state index in [9.17, 15) is 14.7 Å². The highest BCUT2D eigenvalue weighted by molar-refractivity contribution is 5.85. The number of amides is 1. The fourth-order valence-corrected chi connectivity index (χ4v) is 1.67. The molecular weight excluding hydrogens is 234 g/mol. The highest BCUT2D eigenvalue weighted by Crippen LogP contribution is 2.05. The summed E-state index contributed by atoms with van der Waals surface area (Å²) in [6.45, 7) is 4.64. The van der Waals surface area contributed by atoms with Gasteiger partial charge in [0, 0.05) is 6.42 Å². The van der Waals surface area contributed by atoms with Gasteiger partial charge in [-0.15, -0.1) is 0 Å². The molecule has 0 aromatic rings. The minimum Gasteiger partial charge on any atom is -0.548 e. The molecule has 0 aliphatic rings. The maximum absolute atomic E-state index is 11.8. The lowest BCUT2D eigenvalue weighted by atomic mass is 10.0. The number of carboxylic acid groups (broad SMARTS) is 1. The zero-order valence-corrected chi connectivity index (χ0v) is 11.4. The minimum atomic E-state index is -1.23. The van der Waals surface area contributed by atoms with Gasteiger partial charge in [-0.25, -0.2) is 0 Å². The van der Waals surface area contributed by atoms with E-state index in [0.717, 1.165) is 19.4 Å². The number of aliphatic carboxylic acids is 1. The van der Waals surface area contributed by atoms with Crippen molar-refractivity contribution < 1.29 is 26.2 Å². The van der Waals surface area contributed by atoms with Crippen molar-refractivity contribution in [1.29, 1.82) is 0 Å². The first-order valence-corrected chi connectivity index (χ1v) is 6.52. The van der Waals surface area contributed by atoms with Gasteiger partial charge in [-0.1, -0.05) is 13.8 Å². The van der Waals surface area contributed by atoms with Crippen LogP contribution < -0.4 is 21.9 Å². The Bertz CT molecular complexity index is 269. The van der Waals surface area contributed by atoms with Crippen LogP contribution in [0.1, 0.15) is 39.5 Å². The lowest BCUT2D eigenvalue weighted by Gasteiger charge is -2.22. The van der Waals surface area contributed by atoms with Crippen molar-refractivity contribution in [3.63, 3.8) is 0 Å². The van der Waals surface area contributed by atoms with Crippen molar-refractivity contribution >= 4 is 11.9 Å². The molecule has 0 saturated heterocycles. The molecule has 0 aromatic carbocycles. The molecule has 0 spiro atoms. The van der Waals surface area contributed by atoms with E-state index in [0.29, 0.717) is 12.8 Å². The standard InChI is InChI=1S/C12H25N3O3/c1-8(2)7-10(12(17)18)15-11(16)9(14)5-3-4-6-13/h8-10H,3-7,13-14H2,1-2H3,(H,15,16)(H,17,18)/p+1/t9-,10-/m0/s1. The summed E-state index contributed by atoms with van der Waals surface area (Å²) in [7, 11) is 0. The Kier molecular flexibility index (Phi) is 8.32. The van der Waals surface area contributed by atoms with E-state index in [4.69, 9.17) is 0 Å². The molecule has 0 rings (SSSR count). The number of hydrogen-bond acceptors (Lipinski definition) is 3. The van der Waals surface area contributed by atoms with E-state index >= 15 is 0 Å². The maximum atomic E-state index is 11.8. The van der Waals surface area contributed by atoms with E-state index in [-0.39, 0.29) is 11.8 Å². The maximum Gasteiger partial charge on any atom is 0.278 e. The molecule has 0 fully saturated rings. The monoisotopic (exact) mass is 260 g/mol. The van der Waals surface area contributed by atoms with Crippen molar-refractivity contribution in [2.45, 2.75) is 51.6 Å². The summed E-state index contributed by atoms with van der Waals surface area (Å²) in [5, 5.41) is 13.4. The van der Waals surface area contributed by atoms with Gasteiger partial charge in [-0.3, -0.25) is 4.79 Å². The molecule has 0 heterocycles. The number of hydrogen-bond donors (Lipinski definition) is 3. The number of unbranched alkanes of at least 4 members (excludes halogenated alkanes) is 1. The normalized spacial score (nSPS) is 14.3. The number of quaternary nitrogens is 2. The average molecular weight is 260 g/mol. The molecule has 18 heavy (non-hydrogen) atoms. The van der Waals surface area contributed by atoms with Crippen LogP contribution in [-0.2, 0) is 9.59 Å². The Labute approximate surface area is 108 Å². The Balaban J connectivity index is 4.19. The van der Waals surface area contributed by atoms with Crippen LogP contribution >= 0.6 is 0 Å². The van der Waals surface area contributed by atoms with Crippen LogP contribution in [0.3, 0.4) is 0 Å². The number of carboxylic acids is 1. The number of nitrogens with one attached hydrogen (secondary N) is 1. The highest BCUT2D eigenvalue weighted by atomic mass is 16.4. The molecule has 0 radical (unpaired) electrons. The average Bonchev–Trinajstić information content (AvgIpc) is 2.27. The molecule has 6 nitrogen and oxygen atoms in total. The molecule has 0 aliphatic heterocycles. The zero-order chi connectivity index (χ0) is 14.1. The SMILES string of the molecule is CC(C)C[C@H](NC(=O)[C@@H]([NH3+])CCCC[NH3+])C(=O)[O-]. The predicted octanol–water partition coefficient (Wildman–Crippen LogP) is -2.71. The van der Waals surface area contributed by atoms with Crippen molar-refractivity contribution in [3.05, 3.63) is 0 Å². The third-order valence-electron chi connectivity index (χ3n) is 2.73. The van der Waals surface area contributed by atoms with E-state index in [1.54, 1.807) is 0 Å². The Hall–Kier alpha value is -1.14. The van der Waals surface area contributed by atoms with Crippen LogP contribution in [0.25, 0.3) is 0 Å². The van der Waals surface area contributed by atoms with Gasteiger partial charge in [0.05, 0.1) is 18.6 Å². The number of rotatable bonds is 9. The minimum absolute atomic E-state index is 0.183. The van der Waals surface area contributed by atoms with Gasteiger partial charge in [0.1, 0.15) is 0 Å². The topological polar surface area (TPSA) is 125 Å². The predicted molar refractivity (Wildman–Crippen MR) is 64.7 cm³/mol. The highest BCUT2D eigenvalue weighted by Gasteiger charge is 2.21. The van der Waals surface area contributed by atoms with Crippen LogP contribution in [0, 0.1) is 5.92 Å². The van der Waals surface area contributed by atoms with Crippen LogP contribution in [0.2, 0.25) is 0 Å². The summed E-state index contributed by atoms with van der Waals surface area (Å²) in [6, 6.07) is -1.33. The number of carbonyl (C=O) groups excluding carboxylic acids is 2. The van der Waals surface area contributed by atoms with Crippen molar-refractivity contribution in [2.75, 3.05) is 6.54 Å². The van der Waals surface area contributed by atoms with Gasteiger partial charge >= 0.3 is 0 Å². The first kappa shape index (κ1) is 16.9. The summed E-state index contributed by atoms with van der Waals surface area (Å²) in [5.74, 6) is -1.36. The molecule has 0 saturated carbocycles. The molecule has 0 unspecified atom stereocenters. The van der Waals surface area contributed by atoms with Gasteiger partial charge < -0.3 is 26.7 Å². The van der Waals surface area contributed by atoms with E-state index in [1.165, 1.54) is 0 Å². The Morgan fingerprint density at radius 2 is 1.89 bits per heavy atom. The quantitative estimate of drug-likeness (QED) is 0.390. The molecule has 0 aromatic heterocycles. The van der Waals surface area contributed by atoms with Crippen LogP contribution in [0.15, 0.2) is 0 Å². The second-order valence-corrected chi connectivity index (χ2v) is 5.06. The largest absolute Gasteiger partial charge is 0.548 e. The molecule has 0 bridgehead atoms. The fraction of sp³-hybridized carbons (Fsp3) is 0.833. The summed E-state index contributed by atoms with van der Waals surface area (Å²) in [6.07, 6.45) is 2.86. The van der Waals surface area contributed by atoms with E-state index < -0.39 is 18.1 Å². The van der Waals surface area contributed by atoms with Crippen molar-refractivity contribution in [3.8, 4) is 0 Å². The van der Waals surface area contributed by atoms with E-state index in [2.05, 4.69) is 16.8 Å². The summed E-state index contributed by atoms with van der Waals surface area (Å²) < 4.78 is 0. The molecule has 0 aliphatic carbocycles. The Morgan fingerprint density at radius 3 is 2.33 bits per heavy atom. The fourth-order valence-electron chi connectivity index (χ4n) is 1.67. The lowest BCUT2D eigenvalue weighted by Crippen LogP contribution is -2.69. The smallest absolute Gasteiger partial charge is 0.278 e. The van der Waals surface area contributed by atoms with Gasteiger partial charge in [0.25, 0.3) is 5.91 Å².